The fourth-order valence-electron chi connectivity index (χ4n) is 9.06. The number of carbonyl (C=O) groups is 4. The molecule has 1 aliphatic rings. The van der Waals surface area contributed by atoms with Crippen LogP contribution >= 0.6 is 0 Å². The van der Waals surface area contributed by atoms with Gasteiger partial charge in [-0.1, -0.05) is 252 Å². The molecular weight excluding hydrogens is 1020 g/mol. The van der Waals surface area contributed by atoms with Crippen LogP contribution in [0.25, 0.3) is 0 Å². The van der Waals surface area contributed by atoms with E-state index in [4.69, 9.17) is 23.7 Å². The molecule has 1 fully saturated rings. The van der Waals surface area contributed by atoms with Crippen LogP contribution in [-0.4, -0.2) is 89.2 Å². The van der Waals surface area contributed by atoms with Crippen LogP contribution in [0.3, 0.4) is 0 Å². The highest BCUT2D eigenvalue weighted by Crippen LogP contribution is 2.26. The zero-order valence-electron chi connectivity index (χ0n) is 50.7. The van der Waals surface area contributed by atoms with E-state index >= 15 is 0 Å². The molecule has 460 valence electrons. The Bertz CT molecular complexity index is 1820. The van der Waals surface area contributed by atoms with E-state index in [1.807, 2.05) is 18.2 Å². The molecule has 12 heteroatoms. The predicted octanol–water partition coefficient (Wildman–Crippen LogP) is 17.0. The average molecular weight is 1130 g/mol. The van der Waals surface area contributed by atoms with Crippen molar-refractivity contribution in [1.29, 1.82) is 0 Å². The van der Waals surface area contributed by atoms with Crippen molar-refractivity contribution in [2.75, 3.05) is 13.2 Å². The molecule has 0 bridgehead atoms. The Morgan fingerprint density at radius 1 is 0.420 bits per heavy atom. The van der Waals surface area contributed by atoms with Crippen molar-refractivity contribution < 1.29 is 58.2 Å². The summed E-state index contributed by atoms with van der Waals surface area (Å²) in [4.78, 5) is 51.3. The quantitative estimate of drug-likeness (QED) is 0.0228. The van der Waals surface area contributed by atoms with Gasteiger partial charge in [0.2, 0.25) is 0 Å². The summed E-state index contributed by atoms with van der Waals surface area (Å²) >= 11 is 0. The molecule has 0 saturated carbocycles. The Kier molecular flexibility index (Phi) is 51.3. The van der Waals surface area contributed by atoms with E-state index < -0.39 is 67.3 Å². The molecule has 81 heavy (non-hydrogen) atoms. The van der Waals surface area contributed by atoms with E-state index in [9.17, 15) is 34.5 Å². The summed E-state index contributed by atoms with van der Waals surface area (Å²) in [5.41, 5.74) is 0. The number of rotatable bonds is 53. The molecule has 1 aliphatic heterocycles. The summed E-state index contributed by atoms with van der Waals surface area (Å²) in [6.07, 6.45) is 63.4. The molecule has 1 rings (SSSR count). The fraction of sp³-hybridized carbons (Fsp3) is 0.681. The van der Waals surface area contributed by atoms with Crippen molar-refractivity contribution in [3.05, 3.63) is 109 Å². The molecule has 0 aliphatic carbocycles. The van der Waals surface area contributed by atoms with Crippen LogP contribution in [0.15, 0.2) is 109 Å². The largest absolute Gasteiger partial charge is 0.479 e. The van der Waals surface area contributed by atoms with E-state index in [0.29, 0.717) is 25.7 Å². The molecule has 6 atom stereocenters. The fourth-order valence-corrected chi connectivity index (χ4v) is 9.06. The predicted molar refractivity (Wildman–Crippen MR) is 330 cm³/mol. The molecule has 0 aromatic heterocycles. The van der Waals surface area contributed by atoms with Gasteiger partial charge in [0.1, 0.15) is 18.8 Å². The molecule has 3 N–H and O–H groups in total. The highest BCUT2D eigenvalue weighted by molar-refractivity contribution is 5.74. The molecule has 0 radical (unpaired) electrons. The number of unbranched alkanes of at least 4 members (excludes halogenated alkanes) is 21. The van der Waals surface area contributed by atoms with Gasteiger partial charge < -0.3 is 39.0 Å². The lowest BCUT2D eigenvalue weighted by molar-refractivity contribution is -0.301. The van der Waals surface area contributed by atoms with Gasteiger partial charge >= 0.3 is 23.9 Å². The number of aliphatic hydroxyl groups is 2. The zero-order chi connectivity index (χ0) is 58.9. The van der Waals surface area contributed by atoms with Crippen molar-refractivity contribution >= 4 is 23.9 Å². The van der Waals surface area contributed by atoms with Gasteiger partial charge in [-0.15, -0.1) is 0 Å². The molecule has 6 unspecified atom stereocenters. The summed E-state index contributed by atoms with van der Waals surface area (Å²) in [6.45, 7) is 5.75. The molecule has 0 aromatic rings. The Morgan fingerprint density at radius 2 is 0.802 bits per heavy atom. The van der Waals surface area contributed by atoms with Crippen molar-refractivity contribution in [3.8, 4) is 0 Å². The number of carbonyl (C=O) groups excluding carboxylic acids is 3. The first-order valence-corrected chi connectivity index (χ1v) is 31.9. The standard InChI is InChI=1S/C69H112O12/c1-4-7-10-13-16-19-22-25-28-30-31-33-36-39-42-45-48-51-54-57-63(72)80-67-65(74)64(73)66(68(75)76)81-69(67)78-59-60(79-62(71)56-53-50-47-44-41-38-34-27-24-21-18-15-12-9-6-3)58-77-61(70)55-52-49-46-43-40-37-35-32-29-26-23-20-17-14-11-8-5-2/h7-8,10-11,16-17,19-20,25-26,28-29,31,33,39,42,48,51,60,64-67,69,73-74H,4-6,9,12-15,18,21-24,27,30,32,34-38,40-41,43-47,49-50,52-59H2,1-3H3,(H,75,76)/b10-7-,11-8-,19-16-,20-17-,28-25-,29-26-,33-31-,42-39-,51-48-. The van der Waals surface area contributed by atoms with Gasteiger partial charge in [-0.05, 0) is 89.9 Å². The number of carboxylic acid groups (broad SMARTS) is 1. The maximum atomic E-state index is 13.2. The van der Waals surface area contributed by atoms with Gasteiger partial charge in [-0.2, -0.15) is 0 Å². The Labute approximate surface area is 491 Å². The summed E-state index contributed by atoms with van der Waals surface area (Å²) in [5.74, 6) is -3.24. The second-order valence-electron chi connectivity index (χ2n) is 21.3. The van der Waals surface area contributed by atoms with Crippen LogP contribution in [0.5, 0.6) is 0 Å². The number of ether oxygens (including phenoxy) is 5. The number of aliphatic carboxylic acids is 1. The topological polar surface area (TPSA) is 175 Å². The molecule has 0 amide bonds. The molecule has 12 nitrogen and oxygen atoms in total. The van der Waals surface area contributed by atoms with Crippen LogP contribution in [-0.2, 0) is 42.9 Å². The third-order valence-corrected chi connectivity index (χ3v) is 13.9. The lowest BCUT2D eigenvalue weighted by Crippen LogP contribution is -2.61. The molecule has 0 aromatic carbocycles. The monoisotopic (exact) mass is 1130 g/mol. The Hall–Kier alpha value is -4.62. The molecule has 1 saturated heterocycles. The maximum Gasteiger partial charge on any atom is 0.335 e. The normalized spacial score (nSPS) is 18.5. The maximum absolute atomic E-state index is 13.2. The zero-order valence-corrected chi connectivity index (χ0v) is 50.7. The van der Waals surface area contributed by atoms with Crippen LogP contribution in [0.2, 0.25) is 0 Å². The first kappa shape index (κ1) is 74.4. The lowest BCUT2D eigenvalue weighted by atomic mass is 9.98. The van der Waals surface area contributed by atoms with Crippen molar-refractivity contribution in [3.63, 3.8) is 0 Å². The number of hydrogen-bond acceptors (Lipinski definition) is 11. The summed E-state index contributed by atoms with van der Waals surface area (Å²) < 4.78 is 28.4. The van der Waals surface area contributed by atoms with Crippen LogP contribution in [0.4, 0.5) is 0 Å². The van der Waals surface area contributed by atoms with Gasteiger partial charge in [-0.25, -0.2) is 4.79 Å². The van der Waals surface area contributed by atoms with E-state index in [1.54, 1.807) is 0 Å². The summed E-state index contributed by atoms with van der Waals surface area (Å²) in [5, 5.41) is 31.5. The molecular formula is C69H112O12. The number of allylic oxidation sites excluding steroid dienone is 18. The second kappa shape index (κ2) is 55.9. The van der Waals surface area contributed by atoms with Crippen LogP contribution in [0, 0.1) is 0 Å². The summed E-state index contributed by atoms with van der Waals surface area (Å²) in [6, 6.07) is 0. The van der Waals surface area contributed by atoms with Crippen molar-refractivity contribution in [2.45, 2.75) is 289 Å². The SMILES string of the molecule is CC/C=C\C/C=C\C/C=C\C/C=C\C/C=C\C/C=C\CCC(=O)OC1C(OCC(COC(=O)CCCCCCCCC/C=C\C/C=C\C/C=C\CC)OC(=O)CCCCCCCCCCCCCCCCC)OC(C(=O)O)C(O)C1O. The third kappa shape index (κ3) is 45.6. The number of esters is 3. The highest BCUT2D eigenvalue weighted by Gasteiger charge is 2.50. The number of aliphatic hydroxyl groups excluding tert-OH is 2. The van der Waals surface area contributed by atoms with Gasteiger partial charge in [0, 0.05) is 19.3 Å². The van der Waals surface area contributed by atoms with Gasteiger partial charge in [0.05, 0.1) is 6.61 Å². The van der Waals surface area contributed by atoms with Crippen molar-refractivity contribution in [2.24, 2.45) is 0 Å². The lowest BCUT2D eigenvalue weighted by Gasteiger charge is -2.40. The first-order chi connectivity index (χ1) is 39.6. The van der Waals surface area contributed by atoms with Crippen LogP contribution in [0.1, 0.15) is 252 Å². The van der Waals surface area contributed by atoms with Gasteiger partial charge in [0.25, 0.3) is 0 Å². The number of hydrogen-bond donors (Lipinski definition) is 3. The summed E-state index contributed by atoms with van der Waals surface area (Å²) in [7, 11) is 0. The highest BCUT2D eigenvalue weighted by atomic mass is 16.7. The minimum Gasteiger partial charge on any atom is -0.479 e. The minimum atomic E-state index is -1.93. The van der Waals surface area contributed by atoms with E-state index in [-0.39, 0.29) is 25.9 Å². The smallest absolute Gasteiger partial charge is 0.335 e. The molecule has 1 heterocycles. The van der Waals surface area contributed by atoms with E-state index in [1.165, 1.54) is 77.0 Å². The first-order valence-electron chi connectivity index (χ1n) is 31.9. The van der Waals surface area contributed by atoms with E-state index in [0.717, 1.165) is 109 Å². The second-order valence-corrected chi connectivity index (χ2v) is 21.3. The van der Waals surface area contributed by atoms with Gasteiger partial charge in [-0.3, -0.25) is 14.4 Å². The molecule has 0 spiro atoms. The third-order valence-electron chi connectivity index (χ3n) is 13.9. The van der Waals surface area contributed by atoms with Crippen LogP contribution < -0.4 is 0 Å². The Balaban J connectivity index is 2.72. The van der Waals surface area contributed by atoms with Gasteiger partial charge in [0.15, 0.2) is 24.6 Å². The Morgan fingerprint density at radius 3 is 1.23 bits per heavy atom. The minimum absolute atomic E-state index is 0.0691. The number of carboxylic acids is 1. The average Bonchev–Trinajstić information content (AvgIpc) is 3.54. The van der Waals surface area contributed by atoms with E-state index in [2.05, 4.69) is 112 Å². The van der Waals surface area contributed by atoms with Crippen molar-refractivity contribution in [1.82, 2.24) is 0 Å².